The monoisotopic (exact) mass is 330 g/mol. The van der Waals surface area contributed by atoms with Crippen LogP contribution in [0.3, 0.4) is 0 Å². The number of carbonyl (C=O) groups excluding carboxylic acids is 1. The number of aromatic nitrogens is 1. The molecule has 1 N–H and O–H groups in total. The van der Waals surface area contributed by atoms with Crippen molar-refractivity contribution in [2.24, 2.45) is 7.05 Å². The molecule has 128 valence electrons. The van der Waals surface area contributed by atoms with Crippen molar-refractivity contribution in [1.29, 1.82) is 0 Å². The van der Waals surface area contributed by atoms with Crippen LogP contribution < -0.4 is 10.7 Å². The van der Waals surface area contributed by atoms with Gasteiger partial charge in [-0.25, -0.2) is 0 Å². The van der Waals surface area contributed by atoms with Gasteiger partial charge in [0.25, 0.3) is 5.91 Å². The first kappa shape index (κ1) is 16.7. The van der Waals surface area contributed by atoms with Gasteiger partial charge in [-0.15, -0.1) is 0 Å². The van der Waals surface area contributed by atoms with Crippen LogP contribution in [0.15, 0.2) is 29.2 Å². The van der Waals surface area contributed by atoms with Gasteiger partial charge in [0, 0.05) is 32.3 Å². The summed E-state index contributed by atoms with van der Waals surface area (Å²) in [5.74, 6) is -0.368. The minimum Gasteiger partial charge on any atom is -0.379 e. The van der Waals surface area contributed by atoms with E-state index in [4.69, 9.17) is 9.47 Å². The lowest BCUT2D eigenvalue weighted by atomic mass is 10.0. The summed E-state index contributed by atoms with van der Waals surface area (Å²) in [7, 11) is 3.43. The van der Waals surface area contributed by atoms with E-state index in [1.54, 1.807) is 13.3 Å². The molecule has 0 bridgehead atoms. The molecule has 1 aliphatic heterocycles. The molecule has 0 saturated carbocycles. The molecular weight excluding hydrogens is 308 g/mol. The Balaban J connectivity index is 1.95. The van der Waals surface area contributed by atoms with Crippen LogP contribution in [0.1, 0.15) is 22.3 Å². The van der Waals surface area contributed by atoms with Crippen molar-refractivity contribution in [3.05, 3.63) is 45.7 Å². The molecule has 1 aliphatic rings. The summed E-state index contributed by atoms with van der Waals surface area (Å²) in [4.78, 5) is 25.4. The summed E-state index contributed by atoms with van der Waals surface area (Å²) in [6.45, 7) is 2.94. The average Bonchev–Trinajstić information content (AvgIpc) is 2.58. The van der Waals surface area contributed by atoms with E-state index in [0.717, 1.165) is 11.1 Å². The topological polar surface area (TPSA) is 69.6 Å². The highest BCUT2D eigenvalue weighted by Crippen LogP contribution is 2.14. The molecule has 1 aromatic heterocycles. The lowest BCUT2D eigenvalue weighted by molar-refractivity contribution is -0.0479. The first-order chi connectivity index (χ1) is 11.5. The maximum Gasteiger partial charge on any atom is 0.257 e. The third-order valence-electron chi connectivity index (χ3n) is 4.51. The molecule has 1 aromatic carbocycles. The number of methoxy groups -OCH3 is 1. The van der Waals surface area contributed by atoms with Gasteiger partial charge in [0.2, 0.25) is 5.43 Å². The molecule has 6 nitrogen and oxygen atoms in total. The smallest absolute Gasteiger partial charge is 0.257 e. The van der Waals surface area contributed by atoms with Gasteiger partial charge in [0.05, 0.1) is 18.2 Å². The second kappa shape index (κ2) is 6.75. The molecule has 1 saturated heterocycles. The molecule has 1 amide bonds. The molecule has 0 spiro atoms. The van der Waals surface area contributed by atoms with E-state index in [1.807, 2.05) is 36.7 Å². The molecule has 0 aliphatic carbocycles. The molecule has 1 fully saturated rings. The second-order valence-corrected chi connectivity index (χ2v) is 6.22. The fourth-order valence-electron chi connectivity index (χ4n) is 3.12. The van der Waals surface area contributed by atoms with Crippen molar-refractivity contribution < 1.29 is 14.3 Å². The Morgan fingerprint density at radius 2 is 2.21 bits per heavy atom. The van der Waals surface area contributed by atoms with Crippen LogP contribution in [-0.4, -0.2) is 42.9 Å². The molecule has 0 radical (unpaired) electrons. The molecule has 24 heavy (non-hydrogen) atoms. The molecule has 2 heterocycles. The highest BCUT2D eigenvalue weighted by molar-refractivity contribution is 5.97. The predicted octanol–water partition coefficient (Wildman–Crippen LogP) is 1.38. The Morgan fingerprint density at radius 3 is 2.96 bits per heavy atom. The van der Waals surface area contributed by atoms with Gasteiger partial charge in [-0.3, -0.25) is 9.59 Å². The Kier molecular flexibility index (Phi) is 4.69. The number of rotatable bonds is 3. The van der Waals surface area contributed by atoms with Gasteiger partial charge in [0.1, 0.15) is 11.7 Å². The predicted molar refractivity (Wildman–Crippen MR) is 91.4 cm³/mol. The number of hydrogen-bond donors (Lipinski definition) is 1. The third-order valence-corrected chi connectivity index (χ3v) is 4.51. The lowest BCUT2D eigenvalue weighted by Crippen LogP contribution is -2.50. The number of nitrogens with zero attached hydrogens (tertiary/aromatic N) is 1. The average molecular weight is 330 g/mol. The SMILES string of the molecule is CO[C@@H]1COCC[C@H]1NC(=O)c1cn(C)c2ccc(C)cc2c1=O. The highest BCUT2D eigenvalue weighted by atomic mass is 16.5. The number of hydrogen-bond acceptors (Lipinski definition) is 4. The molecule has 2 atom stereocenters. The summed E-state index contributed by atoms with van der Waals surface area (Å²) in [5, 5.41) is 3.48. The van der Waals surface area contributed by atoms with Gasteiger partial charge in [0.15, 0.2) is 0 Å². The van der Waals surface area contributed by atoms with Crippen molar-refractivity contribution >= 4 is 16.8 Å². The van der Waals surface area contributed by atoms with Crippen LogP contribution in [-0.2, 0) is 16.5 Å². The fourth-order valence-corrected chi connectivity index (χ4v) is 3.12. The van der Waals surface area contributed by atoms with E-state index >= 15 is 0 Å². The number of benzene rings is 1. The maximum atomic E-state index is 12.7. The molecular formula is C18H22N2O4. The normalized spacial score (nSPS) is 21.0. The standard InChI is InChI=1S/C18H22N2O4/c1-11-4-5-15-12(8-11)17(21)13(9-20(15)2)18(22)19-14-6-7-24-10-16(14)23-3/h4-5,8-9,14,16H,6-7,10H2,1-3H3,(H,19,22)/t14-,16-/m1/s1. The Morgan fingerprint density at radius 1 is 1.42 bits per heavy atom. The summed E-state index contributed by atoms with van der Waals surface area (Å²) < 4.78 is 12.5. The minimum atomic E-state index is -0.368. The van der Waals surface area contributed by atoms with Crippen LogP contribution in [0.25, 0.3) is 10.9 Å². The van der Waals surface area contributed by atoms with Crippen LogP contribution >= 0.6 is 0 Å². The van der Waals surface area contributed by atoms with E-state index in [2.05, 4.69) is 5.32 Å². The highest BCUT2D eigenvalue weighted by Gasteiger charge is 2.28. The summed E-state index contributed by atoms with van der Waals surface area (Å²) in [6.07, 6.45) is 2.06. The van der Waals surface area contributed by atoms with E-state index in [-0.39, 0.29) is 29.0 Å². The maximum absolute atomic E-state index is 12.7. The summed E-state index contributed by atoms with van der Waals surface area (Å²) in [5.41, 5.74) is 1.70. The van der Waals surface area contributed by atoms with Crippen LogP contribution in [0, 0.1) is 6.92 Å². The summed E-state index contributed by atoms with van der Waals surface area (Å²) >= 11 is 0. The molecule has 3 rings (SSSR count). The van der Waals surface area contributed by atoms with Crippen molar-refractivity contribution in [1.82, 2.24) is 9.88 Å². The van der Waals surface area contributed by atoms with Crippen molar-refractivity contribution in [3.63, 3.8) is 0 Å². The minimum absolute atomic E-state index is 0.150. The first-order valence-corrected chi connectivity index (χ1v) is 8.02. The van der Waals surface area contributed by atoms with Gasteiger partial charge in [-0.05, 0) is 25.5 Å². The second-order valence-electron chi connectivity index (χ2n) is 6.22. The zero-order valence-corrected chi connectivity index (χ0v) is 14.2. The first-order valence-electron chi connectivity index (χ1n) is 8.02. The Bertz CT molecular complexity index is 828. The van der Waals surface area contributed by atoms with Crippen molar-refractivity contribution in [2.75, 3.05) is 20.3 Å². The van der Waals surface area contributed by atoms with E-state index in [1.165, 1.54) is 0 Å². The van der Waals surface area contributed by atoms with Crippen LogP contribution in [0.2, 0.25) is 0 Å². The summed E-state index contributed by atoms with van der Waals surface area (Å²) in [6, 6.07) is 5.51. The number of nitrogens with one attached hydrogen (secondary N) is 1. The van der Waals surface area contributed by atoms with Crippen LogP contribution in [0.5, 0.6) is 0 Å². The largest absolute Gasteiger partial charge is 0.379 e. The van der Waals surface area contributed by atoms with Gasteiger partial charge >= 0.3 is 0 Å². The number of fused-ring (bicyclic) bond motifs is 1. The number of amides is 1. The van der Waals surface area contributed by atoms with Gasteiger partial charge < -0.3 is 19.4 Å². The van der Waals surface area contributed by atoms with Gasteiger partial charge in [-0.1, -0.05) is 11.6 Å². The number of aryl methyl sites for hydroxylation is 2. The van der Waals surface area contributed by atoms with Crippen LogP contribution in [0.4, 0.5) is 0 Å². The Labute approximate surface area is 140 Å². The number of carbonyl (C=O) groups is 1. The zero-order chi connectivity index (χ0) is 17.3. The molecule has 6 heteroatoms. The van der Waals surface area contributed by atoms with E-state index in [9.17, 15) is 9.59 Å². The molecule has 2 aromatic rings. The fraction of sp³-hybridized carbons (Fsp3) is 0.444. The van der Waals surface area contributed by atoms with Crippen molar-refractivity contribution in [2.45, 2.75) is 25.5 Å². The molecule has 0 unspecified atom stereocenters. The third kappa shape index (κ3) is 3.07. The number of pyridine rings is 1. The van der Waals surface area contributed by atoms with Crippen molar-refractivity contribution in [3.8, 4) is 0 Å². The number of ether oxygens (including phenoxy) is 2. The quantitative estimate of drug-likeness (QED) is 0.923. The van der Waals surface area contributed by atoms with E-state index < -0.39 is 0 Å². The zero-order valence-electron chi connectivity index (χ0n) is 14.2. The van der Waals surface area contributed by atoms with E-state index in [0.29, 0.717) is 25.0 Å². The Hall–Kier alpha value is -2.18. The van der Waals surface area contributed by atoms with Gasteiger partial charge in [-0.2, -0.15) is 0 Å². The lowest BCUT2D eigenvalue weighted by Gasteiger charge is -2.31.